The maximum Gasteiger partial charge on any atom is 0.350 e. The van der Waals surface area contributed by atoms with Crippen molar-refractivity contribution in [2.45, 2.75) is 46.1 Å². The Balaban J connectivity index is 2.02. The Morgan fingerprint density at radius 1 is 1.53 bits per heavy atom. The summed E-state index contributed by atoms with van der Waals surface area (Å²) in [6, 6.07) is 0. The molecule has 1 heterocycles. The number of aromatic nitrogens is 1. The predicted molar refractivity (Wildman–Crippen MR) is 76.6 cm³/mol. The average Bonchev–Trinajstić information content (AvgIpc) is 3.07. The normalized spacial score (nSPS) is 14.9. The van der Waals surface area contributed by atoms with Gasteiger partial charge >= 0.3 is 5.97 Å². The Morgan fingerprint density at radius 2 is 2.26 bits per heavy atom. The Labute approximate surface area is 118 Å². The van der Waals surface area contributed by atoms with Gasteiger partial charge in [0.05, 0.1) is 12.3 Å². The van der Waals surface area contributed by atoms with Crippen LogP contribution in [0.4, 0.5) is 0 Å². The molecular weight excluding hydrogens is 260 g/mol. The van der Waals surface area contributed by atoms with Gasteiger partial charge in [0.2, 0.25) is 0 Å². The smallest absolute Gasteiger partial charge is 0.350 e. The third-order valence-corrected chi connectivity index (χ3v) is 4.16. The summed E-state index contributed by atoms with van der Waals surface area (Å²) in [4.78, 5) is 17.2. The number of carbonyl (C=O) groups excluding carboxylic acids is 1. The van der Waals surface area contributed by atoms with E-state index in [4.69, 9.17) is 4.74 Å². The summed E-state index contributed by atoms with van der Waals surface area (Å²) >= 11 is 1.46. The fourth-order valence-corrected chi connectivity index (χ4v) is 2.98. The summed E-state index contributed by atoms with van der Waals surface area (Å²) in [5.41, 5.74) is 0.867. The predicted octanol–water partition coefficient (Wildman–Crippen LogP) is 2.94. The van der Waals surface area contributed by atoms with Crippen LogP contribution in [-0.4, -0.2) is 24.1 Å². The van der Waals surface area contributed by atoms with Crippen LogP contribution in [0, 0.1) is 5.92 Å². The number of hydrogen-bond donors (Lipinski definition) is 1. The van der Waals surface area contributed by atoms with Crippen LogP contribution in [0.5, 0.6) is 0 Å². The number of nitrogens with zero attached hydrogens (tertiary/aromatic N) is 1. The first kappa shape index (κ1) is 14.5. The molecule has 0 atom stereocenters. The van der Waals surface area contributed by atoms with E-state index in [2.05, 4.69) is 24.1 Å². The highest BCUT2D eigenvalue weighted by Gasteiger charge is 2.23. The first-order chi connectivity index (χ1) is 9.11. The molecule has 1 aromatic heterocycles. The Kier molecular flexibility index (Phi) is 4.93. The molecule has 0 bridgehead atoms. The molecule has 4 nitrogen and oxygen atoms in total. The van der Waals surface area contributed by atoms with Gasteiger partial charge in [0.15, 0.2) is 0 Å². The zero-order chi connectivity index (χ0) is 13.8. The van der Waals surface area contributed by atoms with Gasteiger partial charge in [-0.1, -0.05) is 13.8 Å². The minimum atomic E-state index is -0.239. The summed E-state index contributed by atoms with van der Waals surface area (Å²) in [6.45, 7) is 8.15. The maximum atomic E-state index is 11.9. The molecule has 0 aromatic carbocycles. The van der Waals surface area contributed by atoms with Gasteiger partial charge in [0.1, 0.15) is 9.88 Å². The molecule has 0 aliphatic heterocycles. The molecule has 1 N–H and O–H groups in total. The van der Waals surface area contributed by atoms with Gasteiger partial charge in [-0.05, 0) is 38.1 Å². The Hall–Kier alpha value is -0.940. The standard InChI is InChI=1S/C14H22N2O2S/c1-4-18-14(17)13-12(9(2)3)16-11(19-13)8-15-7-10-5-6-10/h9-10,15H,4-8H2,1-3H3. The summed E-state index contributed by atoms with van der Waals surface area (Å²) in [7, 11) is 0. The van der Waals surface area contributed by atoms with Crippen molar-refractivity contribution in [3.8, 4) is 0 Å². The molecule has 1 fully saturated rings. The summed E-state index contributed by atoms with van der Waals surface area (Å²) in [5, 5.41) is 4.39. The van der Waals surface area contributed by atoms with Crippen molar-refractivity contribution in [2.75, 3.05) is 13.2 Å². The number of ether oxygens (including phenoxy) is 1. The van der Waals surface area contributed by atoms with E-state index in [1.165, 1.54) is 24.2 Å². The van der Waals surface area contributed by atoms with Crippen LogP contribution < -0.4 is 5.32 Å². The summed E-state index contributed by atoms with van der Waals surface area (Å²) in [6.07, 6.45) is 2.69. The average molecular weight is 282 g/mol. The van der Waals surface area contributed by atoms with Crippen molar-refractivity contribution in [1.29, 1.82) is 0 Å². The largest absolute Gasteiger partial charge is 0.462 e. The number of rotatable bonds is 7. The van der Waals surface area contributed by atoms with E-state index in [0.717, 1.165) is 29.7 Å². The first-order valence-corrected chi connectivity index (χ1v) is 7.80. The lowest BCUT2D eigenvalue weighted by atomic mass is 10.1. The van der Waals surface area contributed by atoms with Crippen LogP contribution in [0.2, 0.25) is 0 Å². The monoisotopic (exact) mass is 282 g/mol. The minimum Gasteiger partial charge on any atom is -0.462 e. The molecule has 5 heteroatoms. The lowest BCUT2D eigenvalue weighted by Gasteiger charge is -2.04. The van der Waals surface area contributed by atoms with Crippen molar-refractivity contribution in [1.82, 2.24) is 10.3 Å². The molecule has 1 aromatic rings. The number of carbonyl (C=O) groups is 1. The summed E-state index contributed by atoms with van der Waals surface area (Å²) in [5.74, 6) is 0.860. The third-order valence-electron chi connectivity index (χ3n) is 3.11. The fourth-order valence-electron chi connectivity index (χ4n) is 1.89. The van der Waals surface area contributed by atoms with Crippen LogP contribution in [0.15, 0.2) is 0 Å². The second kappa shape index (κ2) is 6.48. The van der Waals surface area contributed by atoms with Crippen LogP contribution in [0.25, 0.3) is 0 Å². The van der Waals surface area contributed by atoms with Crippen LogP contribution in [0.1, 0.15) is 59.9 Å². The molecular formula is C14H22N2O2S. The topological polar surface area (TPSA) is 51.2 Å². The first-order valence-electron chi connectivity index (χ1n) is 6.99. The summed E-state index contributed by atoms with van der Waals surface area (Å²) < 4.78 is 5.10. The highest BCUT2D eigenvalue weighted by atomic mass is 32.1. The number of esters is 1. The van der Waals surface area contributed by atoms with Crippen molar-refractivity contribution < 1.29 is 9.53 Å². The van der Waals surface area contributed by atoms with Crippen molar-refractivity contribution >= 4 is 17.3 Å². The molecule has 19 heavy (non-hydrogen) atoms. The van der Waals surface area contributed by atoms with E-state index < -0.39 is 0 Å². The molecule has 1 aliphatic carbocycles. The number of hydrogen-bond acceptors (Lipinski definition) is 5. The third kappa shape index (κ3) is 4.01. The van der Waals surface area contributed by atoms with Crippen LogP contribution in [-0.2, 0) is 11.3 Å². The molecule has 1 saturated carbocycles. The Morgan fingerprint density at radius 3 is 2.84 bits per heavy atom. The molecule has 0 radical (unpaired) electrons. The minimum absolute atomic E-state index is 0.239. The van der Waals surface area contributed by atoms with Crippen molar-refractivity contribution in [2.24, 2.45) is 5.92 Å². The second-order valence-corrected chi connectivity index (χ2v) is 6.36. The zero-order valence-corrected chi connectivity index (χ0v) is 12.7. The molecule has 0 saturated heterocycles. The fraction of sp³-hybridized carbons (Fsp3) is 0.714. The van der Waals surface area contributed by atoms with Gasteiger partial charge in [0.25, 0.3) is 0 Å². The second-order valence-electron chi connectivity index (χ2n) is 5.27. The molecule has 1 aliphatic rings. The van der Waals surface area contributed by atoms with E-state index in [1.807, 2.05) is 6.92 Å². The quantitative estimate of drug-likeness (QED) is 0.781. The van der Waals surface area contributed by atoms with E-state index in [-0.39, 0.29) is 11.9 Å². The Bertz CT molecular complexity index is 439. The highest BCUT2D eigenvalue weighted by molar-refractivity contribution is 7.13. The van der Waals surface area contributed by atoms with E-state index in [9.17, 15) is 4.79 Å². The molecule has 0 spiro atoms. The van der Waals surface area contributed by atoms with E-state index in [1.54, 1.807) is 0 Å². The molecule has 0 amide bonds. The van der Waals surface area contributed by atoms with Gasteiger partial charge in [-0.2, -0.15) is 0 Å². The van der Waals surface area contributed by atoms with Gasteiger partial charge in [-0.25, -0.2) is 9.78 Å². The van der Waals surface area contributed by atoms with Crippen LogP contribution >= 0.6 is 11.3 Å². The van der Waals surface area contributed by atoms with Gasteiger partial charge in [-0.3, -0.25) is 0 Å². The van der Waals surface area contributed by atoms with E-state index in [0.29, 0.717) is 11.5 Å². The molecule has 0 unspecified atom stereocenters. The van der Waals surface area contributed by atoms with Gasteiger partial charge < -0.3 is 10.1 Å². The van der Waals surface area contributed by atoms with E-state index >= 15 is 0 Å². The highest BCUT2D eigenvalue weighted by Crippen LogP contribution is 2.28. The number of thiazole rings is 1. The van der Waals surface area contributed by atoms with Gasteiger partial charge in [0, 0.05) is 6.54 Å². The lowest BCUT2D eigenvalue weighted by Crippen LogP contribution is -2.15. The molecule has 2 rings (SSSR count). The van der Waals surface area contributed by atoms with Crippen molar-refractivity contribution in [3.63, 3.8) is 0 Å². The van der Waals surface area contributed by atoms with Gasteiger partial charge in [-0.15, -0.1) is 11.3 Å². The van der Waals surface area contributed by atoms with Crippen LogP contribution in [0.3, 0.4) is 0 Å². The zero-order valence-electron chi connectivity index (χ0n) is 11.9. The number of nitrogens with one attached hydrogen (secondary N) is 1. The maximum absolute atomic E-state index is 11.9. The molecule has 106 valence electrons. The van der Waals surface area contributed by atoms with Crippen molar-refractivity contribution in [3.05, 3.63) is 15.6 Å². The lowest BCUT2D eigenvalue weighted by molar-refractivity contribution is 0.0530. The SMILES string of the molecule is CCOC(=O)c1sc(CNCC2CC2)nc1C(C)C.